The molecule has 1 saturated heterocycles. The summed E-state index contributed by atoms with van der Waals surface area (Å²) in [6, 6.07) is 8.08. The molecule has 1 amide bonds. The van der Waals surface area contributed by atoms with Gasteiger partial charge in [0, 0.05) is 37.1 Å². The van der Waals surface area contributed by atoms with Crippen LogP contribution in [0.25, 0.3) is 11.0 Å². The van der Waals surface area contributed by atoms with Crippen LogP contribution in [0.1, 0.15) is 34.5 Å². The number of fused-ring (bicyclic) bond motifs is 1. The average molecular weight is 334 g/mol. The Morgan fingerprint density at radius 3 is 2.92 bits per heavy atom. The fraction of sp³-hybridized carbons (Fsp3) is 0.350. The van der Waals surface area contributed by atoms with Gasteiger partial charge in [0.25, 0.3) is 5.91 Å². The van der Waals surface area contributed by atoms with Gasteiger partial charge in [0.15, 0.2) is 0 Å². The minimum atomic E-state index is 0.0620. The number of H-pyrrole nitrogens is 1. The molecule has 3 aromatic heterocycles. The number of likely N-dealkylation sites (tertiary alicyclic amines) is 1. The number of aryl methyl sites for hydroxylation is 1. The van der Waals surface area contributed by atoms with E-state index in [2.05, 4.69) is 27.1 Å². The molecule has 1 aliphatic heterocycles. The number of hydrogen-bond acceptors (Lipinski definition) is 3. The van der Waals surface area contributed by atoms with E-state index in [4.69, 9.17) is 0 Å². The summed E-state index contributed by atoms with van der Waals surface area (Å²) in [6.07, 6.45) is 8.67. The van der Waals surface area contributed by atoms with E-state index in [1.165, 1.54) is 5.56 Å². The summed E-state index contributed by atoms with van der Waals surface area (Å²) >= 11 is 0. The molecule has 0 bridgehead atoms. The molecule has 3 aromatic rings. The maximum Gasteiger partial charge on any atom is 0.272 e. The third-order valence-electron chi connectivity index (χ3n) is 5.09. The van der Waals surface area contributed by atoms with Crippen molar-refractivity contribution in [1.82, 2.24) is 19.9 Å². The van der Waals surface area contributed by atoms with Gasteiger partial charge in [0.2, 0.25) is 0 Å². The molecule has 1 N–H and O–H groups in total. The monoisotopic (exact) mass is 334 g/mol. The van der Waals surface area contributed by atoms with Gasteiger partial charge in [0.05, 0.1) is 0 Å². The zero-order valence-electron chi connectivity index (χ0n) is 14.4. The Labute approximate surface area is 147 Å². The molecular formula is C20H22N4O. The number of pyridine rings is 2. The normalized spacial score (nSPS) is 15.6. The summed E-state index contributed by atoms with van der Waals surface area (Å²) < 4.78 is 0. The first-order chi connectivity index (χ1) is 12.2. The minimum absolute atomic E-state index is 0.0620. The van der Waals surface area contributed by atoms with Crippen molar-refractivity contribution in [1.29, 1.82) is 0 Å². The summed E-state index contributed by atoms with van der Waals surface area (Å²) in [4.78, 5) is 26.5. The van der Waals surface area contributed by atoms with E-state index < -0.39 is 0 Å². The van der Waals surface area contributed by atoms with Gasteiger partial charge in [-0.1, -0.05) is 6.07 Å². The molecule has 0 spiro atoms. The van der Waals surface area contributed by atoms with Crippen molar-refractivity contribution in [2.75, 3.05) is 13.1 Å². The summed E-state index contributed by atoms with van der Waals surface area (Å²) in [5, 5.41) is 1.16. The smallest absolute Gasteiger partial charge is 0.272 e. The van der Waals surface area contributed by atoms with Gasteiger partial charge in [-0.3, -0.25) is 9.78 Å². The Morgan fingerprint density at radius 2 is 2.12 bits per heavy atom. The number of aromatic nitrogens is 3. The number of amides is 1. The van der Waals surface area contributed by atoms with Gasteiger partial charge in [-0.25, -0.2) is 4.98 Å². The first-order valence-electron chi connectivity index (χ1n) is 8.83. The zero-order valence-corrected chi connectivity index (χ0v) is 14.4. The zero-order chi connectivity index (χ0) is 17.2. The van der Waals surface area contributed by atoms with Gasteiger partial charge < -0.3 is 9.88 Å². The van der Waals surface area contributed by atoms with Crippen molar-refractivity contribution in [3.05, 3.63) is 59.7 Å². The molecule has 0 unspecified atom stereocenters. The van der Waals surface area contributed by atoms with Crippen LogP contribution in [-0.4, -0.2) is 38.8 Å². The largest absolute Gasteiger partial charge is 0.346 e. The van der Waals surface area contributed by atoms with Gasteiger partial charge in [-0.15, -0.1) is 0 Å². The molecule has 1 aliphatic rings. The van der Waals surface area contributed by atoms with Crippen LogP contribution in [0.4, 0.5) is 0 Å². The highest BCUT2D eigenvalue weighted by Gasteiger charge is 2.25. The van der Waals surface area contributed by atoms with Gasteiger partial charge >= 0.3 is 0 Å². The summed E-state index contributed by atoms with van der Waals surface area (Å²) in [5.41, 5.74) is 3.75. The Kier molecular flexibility index (Phi) is 4.22. The number of carbonyl (C=O) groups is 1. The molecule has 0 saturated carbocycles. The van der Waals surface area contributed by atoms with Gasteiger partial charge in [0.1, 0.15) is 11.3 Å². The molecule has 1 fully saturated rings. The molecule has 5 heteroatoms. The second-order valence-electron chi connectivity index (χ2n) is 6.87. The molecule has 25 heavy (non-hydrogen) atoms. The second kappa shape index (κ2) is 6.67. The Bertz CT molecular complexity index is 893. The Morgan fingerprint density at radius 1 is 1.28 bits per heavy atom. The van der Waals surface area contributed by atoms with Gasteiger partial charge in [-0.05, 0) is 61.4 Å². The standard InChI is InChI=1S/C20H22N4O/c1-14-3-2-7-21-18(14)20(25)24-9-5-15(6-10-24)11-16-12-17-4-8-22-19(17)23-13-16/h2-4,7-8,12-13,15H,5-6,9-11H2,1H3,(H,22,23). The Balaban J connectivity index is 1.38. The highest BCUT2D eigenvalue weighted by molar-refractivity contribution is 5.93. The van der Waals surface area contributed by atoms with Crippen LogP contribution in [0.15, 0.2) is 42.9 Å². The number of hydrogen-bond donors (Lipinski definition) is 1. The van der Waals surface area contributed by atoms with Crippen LogP contribution in [0.2, 0.25) is 0 Å². The van der Waals surface area contributed by atoms with Crippen molar-refractivity contribution < 1.29 is 4.79 Å². The summed E-state index contributed by atoms with van der Waals surface area (Å²) in [6.45, 7) is 3.55. The number of nitrogens with one attached hydrogen (secondary N) is 1. The van der Waals surface area contributed by atoms with Crippen LogP contribution in [0, 0.1) is 12.8 Å². The fourth-order valence-corrected chi connectivity index (χ4v) is 3.63. The van der Waals surface area contributed by atoms with Crippen LogP contribution >= 0.6 is 0 Å². The maximum absolute atomic E-state index is 12.7. The quantitative estimate of drug-likeness (QED) is 0.799. The van der Waals surface area contributed by atoms with E-state index in [0.29, 0.717) is 11.6 Å². The van der Waals surface area contributed by atoms with E-state index in [-0.39, 0.29) is 5.91 Å². The van der Waals surface area contributed by atoms with E-state index >= 15 is 0 Å². The second-order valence-corrected chi connectivity index (χ2v) is 6.87. The van der Waals surface area contributed by atoms with E-state index in [0.717, 1.165) is 48.9 Å². The summed E-state index contributed by atoms with van der Waals surface area (Å²) in [5.74, 6) is 0.666. The number of piperidine rings is 1. The predicted molar refractivity (Wildman–Crippen MR) is 97.4 cm³/mol. The lowest BCUT2D eigenvalue weighted by atomic mass is 9.90. The molecule has 0 aromatic carbocycles. The highest BCUT2D eigenvalue weighted by atomic mass is 16.2. The minimum Gasteiger partial charge on any atom is -0.346 e. The van der Waals surface area contributed by atoms with Crippen LogP contribution in [0.3, 0.4) is 0 Å². The third-order valence-corrected chi connectivity index (χ3v) is 5.09. The lowest BCUT2D eigenvalue weighted by Crippen LogP contribution is -2.39. The van der Waals surface area contributed by atoms with Crippen LogP contribution in [-0.2, 0) is 6.42 Å². The average Bonchev–Trinajstić information content (AvgIpc) is 3.10. The predicted octanol–water partition coefficient (Wildman–Crippen LogP) is 3.36. The maximum atomic E-state index is 12.7. The SMILES string of the molecule is Cc1cccnc1C(=O)N1CCC(Cc2cnc3[nH]ccc3c2)CC1. The van der Waals surface area contributed by atoms with E-state index in [1.54, 1.807) is 6.20 Å². The van der Waals surface area contributed by atoms with Crippen molar-refractivity contribution in [2.24, 2.45) is 5.92 Å². The number of nitrogens with zero attached hydrogens (tertiary/aromatic N) is 3. The number of aromatic amines is 1. The van der Waals surface area contributed by atoms with Crippen molar-refractivity contribution in [2.45, 2.75) is 26.2 Å². The Hall–Kier alpha value is -2.69. The van der Waals surface area contributed by atoms with Crippen molar-refractivity contribution >= 4 is 16.9 Å². The lowest BCUT2D eigenvalue weighted by Gasteiger charge is -2.32. The molecule has 0 atom stereocenters. The van der Waals surface area contributed by atoms with Crippen LogP contribution < -0.4 is 0 Å². The first-order valence-corrected chi connectivity index (χ1v) is 8.83. The third kappa shape index (κ3) is 3.27. The molecule has 4 rings (SSSR count). The first kappa shape index (κ1) is 15.8. The molecule has 4 heterocycles. The molecule has 0 radical (unpaired) electrons. The van der Waals surface area contributed by atoms with Crippen LogP contribution in [0.5, 0.6) is 0 Å². The number of rotatable bonds is 3. The highest BCUT2D eigenvalue weighted by Crippen LogP contribution is 2.24. The topological polar surface area (TPSA) is 61.9 Å². The molecule has 128 valence electrons. The van der Waals surface area contributed by atoms with Crippen molar-refractivity contribution in [3.63, 3.8) is 0 Å². The molecular weight excluding hydrogens is 312 g/mol. The fourth-order valence-electron chi connectivity index (χ4n) is 3.63. The van der Waals surface area contributed by atoms with Crippen molar-refractivity contribution in [3.8, 4) is 0 Å². The lowest BCUT2D eigenvalue weighted by molar-refractivity contribution is 0.0684. The van der Waals surface area contributed by atoms with E-state index in [1.807, 2.05) is 36.4 Å². The van der Waals surface area contributed by atoms with Gasteiger partial charge in [-0.2, -0.15) is 0 Å². The molecule has 5 nitrogen and oxygen atoms in total. The number of carbonyl (C=O) groups excluding carboxylic acids is 1. The summed E-state index contributed by atoms with van der Waals surface area (Å²) in [7, 11) is 0. The van der Waals surface area contributed by atoms with E-state index in [9.17, 15) is 4.79 Å². The molecule has 0 aliphatic carbocycles.